The van der Waals surface area contributed by atoms with Crippen LogP contribution in [0.25, 0.3) is 16.2 Å². The molecule has 4 nitrogen and oxygen atoms in total. The van der Waals surface area contributed by atoms with Crippen LogP contribution in [0.2, 0.25) is 0 Å². The maximum Gasteiger partial charge on any atom is 0.194 e. The summed E-state index contributed by atoms with van der Waals surface area (Å²) in [5, 5.41) is 0. The molecule has 1 aromatic carbocycles. The van der Waals surface area contributed by atoms with E-state index in [1.807, 2.05) is 18.5 Å². The molecule has 0 unspecified atom stereocenters. The summed E-state index contributed by atoms with van der Waals surface area (Å²) in [6.45, 7) is 3.55. The minimum absolute atomic E-state index is 0.708. The van der Waals surface area contributed by atoms with Crippen LogP contribution in [0.1, 0.15) is 11.3 Å². The van der Waals surface area contributed by atoms with E-state index in [1.165, 1.54) is 10.6 Å². The Morgan fingerprint density at radius 1 is 1.20 bits per heavy atom. The summed E-state index contributed by atoms with van der Waals surface area (Å²) in [4.78, 5) is 6.62. The minimum Gasteiger partial charge on any atom is -0.490 e. The van der Waals surface area contributed by atoms with Gasteiger partial charge in [0.25, 0.3) is 0 Å². The van der Waals surface area contributed by atoms with Crippen LogP contribution in [0.5, 0.6) is 11.5 Å². The Morgan fingerprint density at radius 3 is 2.95 bits per heavy atom. The van der Waals surface area contributed by atoms with E-state index >= 15 is 0 Å². The van der Waals surface area contributed by atoms with Gasteiger partial charge in [0.2, 0.25) is 0 Å². The molecule has 4 rings (SSSR count). The molecule has 1 aliphatic heterocycles. The fourth-order valence-electron chi connectivity index (χ4n) is 2.54. The highest BCUT2D eigenvalue weighted by Crippen LogP contribution is 2.37. The number of ether oxygens (including phenoxy) is 2. The van der Waals surface area contributed by atoms with Crippen LogP contribution >= 0.6 is 11.3 Å². The smallest absolute Gasteiger partial charge is 0.194 e. The average molecular weight is 286 g/mol. The van der Waals surface area contributed by atoms with Crippen LogP contribution in [0.4, 0.5) is 0 Å². The molecule has 0 saturated heterocycles. The van der Waals surface area contributed by atoms with Crippen LogP contribution in [0.3, 0.4) is 0 Å². The number of benzene rings is 1. The molecule has 0 atom stereocenters. The minimum atomic E-state index is 0.708. The maximum absolute atomic E-state index is 5.77. The topological polar surface area (TPSA) is 35.8 Å². The van der Waals surface area contributed by atoms with Gasteiger partial charge in [0.15, 0.2) is 16.5 Å². The summed E-state index contributed by atoms with van der Waals surface area (Å²) in [5.74, 6) is 1.67. The standard InChI is InChI=1S/C15H14N2O2S/c1-10-14(17-6-5-16-15(17)20-10)11-3-4-12-13(9-11)19-8-2-7-18-12/h3-6,9H,2,7-8H2,1H3. The molecule has 0 aliphatic carbocycles. The largest absolute Gasteiger partial charge is 0.490 e. The molecule has 0 N–H and O–H groups in total. The summed E-state index contributed by atoms with van der Waals surface area (Å²) < 4.78 is 13.6. The Hall–Kier alpha value is -2.01. The second-order valence-electron chi connectivity index (χ2n) is 4.80. The summed E-state index contributed by atoms with van der Waals surface area (Å²) >= 11 is 1.70. The number of fused-ring (bicyclic) bond motifs is 2. The van der Waals surface area contributed by atoms with E-state index in [1.54, 1.807) is 11.3 Å². The van der Waals surface area contributed by atoms with E-state index in [0.717, 1.165) is 35.1 Å². The van der Waals surface area contributed by atoms with Crippen molar-refractivity contribution in [2.75, 3.05) is 13.2 Å². The normalized spacial score (nSPS) is 14.4. The first-order valence-electron chi connectivity index (χ1n) is 6.65. The van der Waals surface area contributed by atoms with Crippen molar-refractivity contribution in [3.05, 3.63) is 35.5 Å². The van der Waals surface area contributed by atoms with Gasteiger partial charge < -0.3 is 9.47 Å². The first-order chi connectivity index (χ1) is 9.83. The molecule has 5 heteroatoms. The number of hydrogen-bond donors (Lipinski definition) is 0. The van der Waals surface area contributed by atoms with Crippen molar-refractivity contribution in [3.63, 3.8) is 0 Å². The quantitative estimate of drug-likeness (QED) is 0.686. The summed E-state index contributed by atoms with van der Waals surface area (Å²) in [7, 11) is 0. The predicted molar refractivity (Wildman–Crippen MR) is 78.8 cm³/mol. The molecule has 0 amide bonds. The monoisotopic (exact) mass is 286 g/mol. The van der Waals surface area contributed by atoms with Gasteiger partial charge in [-0.2, -0.15) is 0 Å². The molecule has 0 fully saturated rings. The third-order valence-electron chi connectivity index (χ3n) is 3.45. The van der Waals surface area contributed by atoms with Gasteiger partial charge in [0.1, 0.15) is 0 Å². The first-order valence-corrected chi connectivity index (χ1v) is 7.47. The molecule has 2 aromatic heterocycles. The van der Waals surface area contributed by atoms with Crippen LogP contribution in [-0.2, 0) is 0 Å². The summed E-state index contributed by atoms with van der Waals surface area (Å²) in [6, 6.07) is 6.15. The van der Waals surface area contributed by atoms with E-state index in [4.69, 9.17) is 9.47 Å². The lowest BCUT2D eigenvalue weighted by molar-refractivity contribution is 0.297. The third-order valence-corrected chi connectivity index (χ3v) is 4.43. The zero-order valence-electron chi connectivity index (χ0n) is 11.1. The van der Waals surface area contributed by atoms with Crippen molar-refractivity contribution in [3.8, 4) is 22.8 Å². The van der Waals surface area contributed by atoms with Crippen molar-refractivity contribution in [1.82, 2.24) is 9.38 Å². The zero-order chi connectivity index (χ0) is 13.5. The van der Waals surface area contributed by atoms with Gasteiger partial charge in [-0.3, -0.25) is 4.40 Å². The van der Waals surface area contributed by atoms with Gasteiger partial charge in [-0.15, -0.1) is 11.3 Å². The summed E-state index contributed by atoms with van der Waals surface area (Å²) in [5.41, 5.74) is 2.31. The zero-order valence-corrected chi connectivity index (χ0v) is 11.9. The fraction of sp³-hybridized carbons (Fsp3) is 0.267. The lowest BCUT2D eigenvalue weighted by Crippen LogP contribution is -1.97. The number of imidazole rings is 1. The van der Waals surface area contributed by atoms with Crippen molar-refractivity contribution in [2.45, 2.75) is 13.3 Å². The highest BCUT2D eigenvalue weighted by atomic mass is 32.1. The maximum atomic E-state index is 5.77. The molecular formula is C15H14N2O2S. The van der Waals surface area contributed by atoms with Gasteiger partial charge >= 0.3 is 0 Å². The van der Waals surface area contributed by atoms with E-state index in [-0.39, 0.29) is 0 Å². The van der Waals surface area contributed by atoms with Gasteiger partial charge in [0.05, 0.1) is 18.9 Å². The van der Waals surface area contributed by atoms with Crippen molar-refractivity contribution in [1.29, 1.82) is 0 Å². The molecule has 0 bridgehead atoms. The second kappa shape index (κ2) is 4.52. The lowest BCUT2D eigenvalue weighted by atomic mass is 10.1. The van der Waals surface area contributed by atoms with Crippen LogP contribution in [-0.4, -0.2) is 22.6 Å². The average Bonchev–Trinajstić information content (AvgIpc) is 2.90. The van der Waals surface area contributed by atoms with Gasteiger partial charge in [-0.05, 0) is 25.1 Å². The van der Waals surface area contributed by atoms with E-state index < -0.39 is 0 Å². The molecule has 0 saturated carbocycles. The predicted octanol–water partition coefficient (Wildman–Crippen LogP) is 3.53. The van der Waals surface area contributed by atoms with E-state index in [0.29, 0.717) is 6.61 Å². The Morgan fingerprint density at radius 2 is 2.05 bits per heavy atom. The van der Waals surface area contributed by atoms with Crippen molar-refractivity contribution >= 4 is 16.3 Å². The highest BCUT2D eigenvalue weighted by molar-refractivity contribution is 7.17. The molecule has 1 aliphatic rings. The molecule has 20 heavy (non-hydrogen) atoms. The number of aryl methyl sites for hydroxylation is 1. The fourth-order valence-corrected chi connectivity index (χ4v) is 3.49. The number of aromatic nitrogens is 2. The Labute approximate surface area is 120 Å². The summed E-state index contributed by atoms with van der Waals surface area (Å²) in [6.07, 6.45) is 4.75. The van der Waals surface area contributed by atoms with E-state index in [9.17, 15) is 0 Å². The molecule has 0 radical (unpaired) electrons. The highest BCUT2D eigenvalue weighted by Gasteiger charge is 2.15. The third kappa shape index (κ3) is 1.78. The Bertz CT molecular complexity index is 775. The number of thiazole rings is 1. The van der Waals surface area contributed by atoms with Gasteiger partial charge in [-0.25, -0.2) is 4.98 Å². The molecule has 0 spiro atoms. The van der Waals surface area contributed by atoms with Crippen LogP contribution < -0.4 is 9.47 Å². The SMILES string of the molecule is Cc1sc2nccn2c1-c1ccc2c(c1)OCCCO2. The van der Waals surface area contributed by atoms with E-state index in [2.05, 4.69) is 28.4 Å². The van der Waals surface area contributed by atoms with Crippen molar-refractivity contribution < 1.29 is 9.47 Å². The number of nitrogens with zero attached hydrogens (tertiary/aromatic N) is 2. The van der Waals surface area contributed by atoms with Gasteiger partial charge in [0, 0.05) is 29.3 Å². The number of hydrogen-bond acceptors (Lipinski definition) is 4. The Balaban J connectivity index is 1.88. The Kier molecular flexibility index (Phi) is 2.67. The van der Waals surface area contributed by atoms with Crippen LogP contribution in [0, 0.1) is 6.92 Å². The lowest BCUT2D eigenvalue weighted by Gasteiger charge is -2.09. The van der Waals surface area contributed by atoms with Gasteiger partial charge in [-0.1, -0.05) is 0 Å². The molecule has 3 aromatic rings. The molecular weight excluding hydrogens is 272 g/mol. The van der Waals surface area contributed by atoms with Crippen molar-refractivity contribution in [2.24, 2.45) is 0 Å². The molecule has 3 heterocycles. The number of rotatable bonds is 1. The molecule has 102 valence electrons. The van der Waals surface area contributed by atoms with Crippen LogP contribution in [0.15, 0.2) is 30.6 Å². The first kappa shape index (κ1) is 11.8. The second-order valence-corrected chi connectivity index (χ2v) is 5.98.